The van der Waals surface area contributed by atoms with E-state index in [2.05, 4.69) is 0 Å². The Labute approximate surface area is 84.6 Å². The molecule has 0 aromatic heterocycles. The molecular formula is C9H18N2O3. The first-order valence-corrected chi connectivity index (χ1v) is 4.72. The Bertz CT molecular complexity index is 181. The predicted molar refractivity (Wildman–Crippen MR) is 53.0 cm³/mol. The molecule has 0 aliphatic carbocycles. The third-order valence-electron chi connectivity index (χ3n) is 1.87. The van der Waals surface area contributed by atoms with E-state index >= 15 is 0 Å². The summed E-state index contributed by atoms with van der Waals surface area (Å²) in [7, 11) is 1.64. The first-order chi connectivity index (χ1) is 6.65. The van der Waals surface area contributed by atoms with Gasteiger partial charge in [0, 0.05) is 20.1 Å². The summed E-state index contributed by atoms with van der Waals surface area (Å²) < 4.78 is 4.94. The Balaban J connectivity index is 3.67. The highest BCUT2D eigenvalue weighted by atomic mass is 16.6. The van der Waals surface area contributed by atoms with E-state index in [1.54, 1.807) is 11.9 Å². The molecule has 0 aliphatic heterocycles. The molecule has 0 saturated heterocycles. The molecule has 0 fully saturated rings. The number of likely N-dealkylation sites (N-methyl/N-ethyl adjacent to an activating group) is 1. The number of nitrogens with zero attached hydrogens (tertiary/aromatic N) is 2. The third kappa shape index (κ3) is 4.69. The van der Waals surface area contributed by atoms with Gasteiger partial charge in [-0.15, -0.1) is 0 Å². The lowest BCUT2D eigenvalue weighted by atomic mass is 10.5. The molecule has 0 radical (unpaired) electrons. The lowest BCUT2D eigenvalue weighted by molar-refractivity contribution is -0.117. The molecule has 0 aliphatic rings. The zero-order valence-electron chi connectivity index (χ0n) is 9.02. The second kappa shape index (κ2) is 7.17. The van der Waals surface area contributed by atoms with E-state index in [0.717, 1.165) is 0 Å². The smallest absolute Gasteiger partial charge is 0.409 e. The highest BCUT2D eigenvalue weighted by Crippen LogP contribution is 1.93. The molecule has 0 heterocycles. The first-order valence-electron chi connectivity index (χ1n) is 4.72. The van der Waals surface area contributed by atoms with E-state index in [-0.39, 0.29) is 12.7 Å². The molecule has 0 aromatic rings. The molecule has 0 atom stereocenters. The number of carbonyl (C=O) groups is 2. The van der Waals surface area contributed by atoms with Crippen LogP contribution in [0.2, 0.25) is 0 Å². The fourth-order valence-electron chi connectivity index (χ4n) is 0.903. The molecule has 0 N–H and O–H groups in total. The molecule has 0 saturated carbocycles. The van der Waals surface area contributed by atoms with Crippen molar-refractivity contribution in [2.75, 3.05) is 33.3 Å². The zero-order chi connectivity index (χ0) is 11.0. The van der Waals surface area contributed by atoms with Gasteiger partial charge in [-0.2, -0.15) is 0 Å². The summed E-state index contributed by atoms with van der Waals surface area (Å²) in [5.74, 6) is 0. The summed E-state index contributed by atoms with van der Waals surface area (Å²) in [6.45, 7) is 5.73. The fraction of sp³-hybridized carbons (Fsp3) is 0.778. The standard InChI is InChI=1S/C9H18N2O3/c1-4-11(5-2)9(13)14-7-6-10(3)8-12/h8H,4-7H2,1-3H3. The van der Waals surface area contributed by atoms with Crippen LogP contribution in [0.15, 0.2) is 0 Å². The Hall–Kier alpha value is -1.26. The lowest BCUT2D eigenvalue weighted by Gasteiger charge is -2.18. The van der Waals surface area contributed by atoms with Crippen molar-refractivity contribution in [3.05, 3.63) is 0 Å². The molecule has 14 heavy (non-hydrogen) atoms. The lowest BCUT2D eigenvalue weighted by Crippen LogP contribution is -2.33. The van der Waals surface area contributed by atoms with Crippen molar-refractivity contribution in [2.24, 2.45) is 0 Å². The fourth-order valence-corrected chi connectivity index (χ4v) is 0.903. The van der Waals surface area contributed by atoms with Gasteiger partial charge in [0.15, 0.2) is 0 Å². The zero-order valence-corrected chi connectivity index (χ0v) is 9.02. The first kappa shape index (κ1) is 12.7. The molecular weight excluding hydrogens is 184 g/mol. The van der Waals surface area contributed by atoms with Gasteiger partial charge >= 0.3 is 6.09 Å². The quantitative estimate of drug-likeness (QED) is 0.591. The maximum absolute atomic E-state index is 11.3. The van der Waals surface area contributed by atoms with Crippen molar-refractivity contribution in [3.8, 4) is 0 Å². The minimum Gasteiger partial charge on any atom is -0.448 e. The molecule has 0 unspecified atom stereocenters. The monoisotopic (exact) mass is 202 g/mol. The molecule has 0 spiro atoms. The predicted octanol–water partition coefficient (Wildman–Crippen LogP) is 0.553. The van der Waals surface area contributed by atoms with Crippen molar-refractivity contribution < 1.29 is 14.3 Å². The van der Waals surface area contributed by atoms with Crippen LogP contribution in [-0.2, 0) is 9.53 Å². The SMILES string of the molecule is CCN(CC)C(=O)OCCN(C)C=O. The van der Waals surface area contributed by atoms with Crippen LogP contribution in [0.25, 0.3) is 0 Å². The Morgan fingerprint density at radius 1 is 1.36 bits per heavy atom. The van der Waals surface area contributed by atoms with Gasteiger partial charge in [-0.25, -0.2) is 4.79 Å². The van der Waals surface area contributed by atoms with Gasteiger partial charge in [-0.3, -0.25) is 4.79 Å². The molecule has 5 nitrogen and oxygen atoms in total. The van der Waals surface area contributed by atoms with Crippen LogP contribution in [0.4, 0.5) is 4.79 Å². The van der Waals surface area contributed by atoms with Gasteiger partial charge in [0.2, 0.25) is 6.41 Å². The highest BCUT2D eigenvalue weighted by Gasteiger charge is 2.09. The molecule has 2 amide bonds. The largest absolute Gasteiger partial charge is 0.448 e. The van der Waals surface area contributed by atoms with Gasteiger partial charge in [-0.1, -0.05) is 0 Å². The summed E-state index contributed by atoms with van der Waals surface area (Å²) in [4.78, 5) is 24.5. The van der Waals surface area contributed by atoms with Crippen LogP contribution in [0.1, 0.15) is 13.8 Å². The van der Waals surface area contributed by atoms with Crippen LogP contribution in [0.5, 0.6) is 0 Å². The number of rotatable bonds is 6. The van der Waals surface area contributed by atoms with E-state index in [0.29, 0.717) is 26.0 Å². The molecule has 82 valence electrons. The van der Waals surface area contributed by atoms with Crippen LogP contribution in [0, 0.1) is 0 Å². The molecule has 0 rings (SSSR count). The van der Waals surface area contributed by atoms with Crippen molar-refractivity contribution in [2.45, 2.75) is 13.8 Å². The number of amides is 2. The van der Waals surface area contributed by atoms with Gasteiger partial charge in [0.1, 0.15) is 6.61 Å². The number of hydrogen-bond acceptors (Lipinski definition) is 3. The number of carbonyl (C=O) groups excluding carboxylic acids is 2. The van der Waals surface area contributed by atoms with Crippen LogP contribution < -0.4 is 0 Å². The molecule has 0 bridgehead atoms. The van der Waals surface area contributed by atoms with Gasteiger partial charge in [-0.05, 0) is 13.8 Å². The minimum atomic E-state index is -0.325. The normalized spacial score (nSPS) is 9.36. The van der Waals surface area contributed by atoms with Crippen molar-refractivity contribution in [3.63, 3.8) is 0 Å². The van der Waals surface area contributed by atoms with E-state index < -0.39 is 0 Å². The second-order valence-corrected chi connectivity index (χ2v) is 2.87. The molecule has 0 aromatic carbocycles. The van der Waals surface area contributed by atoms with Crippen molar-refractivity contribution in [1.82, 2.24) is 9.80 Å². The van der Waals surface area contributed by atoms with Gasteiger partial charge < -0.3 is 14.5 Å². The minimum absolute atomic E-state index is 0.241. The highest BCUT2D eigenvalue weighted by molar-refractivity contribution is 5.67. The summed E-state index contributed by atoms with van der Waals surface area (Å²) in [6, 6.07) is 0. The van der Waals surface area contributed by atoms with Gasteiger partial charge in [0.05, 0.1) is 6.54 Å². The Kier molecular flexibility index (Phi) is 6.53. The van der Waals surface area contributed by atoms with E-state index in [1.165, 1.54) is 4.90 Å². The maximum Gasteiger partial charge on any atom is 0.409 e. The summed E-state index contributed by atoms with van der Waals surface area (Å²) in [5.41, 5.74) is 0. The average Bonchev–Trinajstić information content (AvgIpc) is 2.19. The average molecular weight is 202 g/mol. The summed E-state index contributed by atoms with van der Waals surface area (Å²) in [5, 5.41) is 0. The second-order valence-electron chi connectivity index (χ2n) is 2.87. The van der Waals surface area contributed by atoms with Crippen LogP contribution in [0.3, 0.4) is 0 Å². The van der Waals surface area contributed by atoms with Crippen LogP contribution >= 0.6 is 0 Å². The number of ether oxygens (including phenoxy) is 1. The maximum atomic E-state index is 11.3. The van der Waals surface area contributed by atoms with E-state index in [9.17, 15) is 9.59 Å². The third-order valence-corrected chi connectivity index (χ3v) is 1.87. The topological polar surface area (TPSA) is 49.9 Å². The van der Waals surface area contributed by atoms with Crippen molar-refractivity contribution >= 4 is 12.5 Å². The summed E-state index contributed by atoms with van der Waals surface area (Å²) in [6.07, 6.45) is 0.375. The van der Waals surface area contributed by atoms with Crippen LogP contribution in [-0.4, -0.2) is 55.6 Å². The molecule has 5 heteroatoms. The van der Waals surface area contributed by atoms with E-state index in [1.807, 2.05) is 13.8 Å². The number of hydrogen-bond donors (Lipinski definition) is 0. The summed E-state index contributed by atoms with van der Waals surface area (Å²) >= 11 is 0. The Morgan fingerprint density at radius 2 is 1.93 bits per heavy atom. The van der Waals surface area contributed by atoms with E-state index in [4.69, 9.17) is 4.74 Å². The van der Waals surface area contributed by atoms with Gasteiger partial charge in [0.25, 0.3) is 0 Å². The Morgan fingerprint density at radius 3 is 2.36 bits per heavy atom. The van der Waals surface area contributed by atoms with Crippen molar-refractivity contribution in [1.29, 1.82) is 0 Å².